The predicted octanol–water partition coefficient (Wildman–Crippen LogP) is 3.06. The van der Waals surface area contributed by atoms with Gasteiger partial charge in [0.2, 0.25) is 0 Å². The molecule has 0 saturated carbocycles. The van der Waals surface area contributed by atoms with Crippen molar-refractivity contribution in [3.8, 4) is 5.75 Å². The Hall–Kier alpha value is -1.81. The summed E-state index contributed by atoms with van der Waals surface area (Å²) < 4.78 is 0. The van der Waals surface area contributed by atoms with Crippen LogP contribution in [0.3, 0.4) is 0 Å². The molecule has 112 valence electrons. The molecule has 1 atom stereocenters. The number of hydrogen-bond acceptors (Lipinski definition) is 3. The van der Waals surface area contributed by atoms with E-state index in [4.69, 9.17) is 0 Å². The zero-order valence-corrected chi connectivity index (χ0v) is 12.5. The predicted molar refractivity (Wildman–Crippen MR) is 83.3 cm³/mol. The van der Waals surface area contributed by atoms with Gasteiger partial charge in [-0.1, -0.05) is 25.1 Å². The van der Waals surface area contributed by atoms with Crippen LogP contribution in [0, 0.1) is 0 Å². The van der Waals surface area contributed by atoms with Crippen LogP contribution >= 0.6 is 0 Å². The maximum absolute atomic E-state index is 9.93. The fourth-order valence-corrected chi connectivity index (χ4v) is 3.28. The summed E-state index contributed by atoms with van der Waals surface area (Å²) in [4.78, 5) is 2.43. The van der Waals surface area contributed by atoms with Gasteiger partial charge < -0.3 is 5.11 Å². The van der Waals surface area contributed by atoms with Gasteiger partial charge in [0.25, 0.3) is 0 Å². The topological polar surface area (TPSA) is 52.2 Å². The van der Waals surface area contributed by atoms with Crippen molar-refractivity contribution >= 4 is 0 Å². The number of piperidine rings is 1. The summed E-state index contributed by atoms with van der Waals surface area (Å²) in [5.74, 6) is 0.928. The standard InChI is InChI=1S/C17H23N3O/c1-2-13-10-18-19-17(13)15-7-5-9-20(12-15)11-14-6-3-4-8-16(14)21/h3-4,6,8,10,15,21H,2,5,7,9,11-12H2,1H3,(H,18,19). The summed E-state index contributed by atoms with van der Waals surface area (Å²) in [6.07, 6.45) is 5.39. The van der Waals surface area contributed by atoms with Crippen LogP contribution in [0.5, 0.6) is 5.75 Å². The highest BCUT2D eigenvalue weighted by molar-refractivity contribution is 5.31. The smallest absolute Gasteiger partial charge is 0.120 e. The van der Waals surface area contributed by atoms with Crippen molar-refractivity contribution in [2.45, 2.75) is 38.6 Å². The number of likely N-dealkylation sites (tertiary alicyclic amines) is 1. The molecule has 1 fully saturated rings. The molecular weight excluding hydrogens is 262 g/mol. The Labute approximate surface area is 125 Å². The van der Waals surface area contributed by atoms with Crippen LogP contribution in [-0.2, 0) is 13.0 Å². The lowest BCUT2D eigenvalue weighted by Crippen LogP contribution is -2.34. The molecule has 1 unspecified atom stereocenters. The summed E-state index contributed by atoms with van der Waals surface area (Å²) in [7, 11) is 0. The molecule has 0 aliphatic carbocycles. The minimum atomic E-state index is 0.399. The van der Waals surface area contributed by atoms with Crippen LogP contribution in [0.4, 0.5) is 0 Å². The zero-order chi connectivity index (χ0) is 14.7. The van der Waals surface area contributed by atoms with E-state index >= 15 is 0 Å². The first-order chi connectivity index (χ1) is 10.3. The molecule has 2 N–H and O–H groups in total. The number of benzene rings is 1. The SMILES string of the molecule is CCc1cn[nH]c1C1CCCN(Cc2ccccc2O)C1. The van der Waals surface area contributed by atoms with E-state index in [-0.39, 0.29) is 0 Å². The third-order valence-corrected chi connectivity index (χ3v) is 4.43. The number of nitrogens with zero attached hydrogens (tertiary/aromatic N) is 2. The maximum Gasteiger partial charge on any atom is 0.120 e. The van der Waals surface area contributed by atoms with Crippen LogP contribution in [0.15, 0.2) is 30.5 Å². The van der Waals surface area contributed by atoms with Gasteiger partial charge in [-0.2, -0.15) is 5.10 Å². The molecule has 2 aromatic rings. The molecule has 2 heterocycles. The van der Waals surface area contributed by atoms with Gasteiger partial charge in [0.05, 0.1) is 6.20 Å². The summed E-state index contributed by atoms with van der Waals surface area (Å²) in [6, 6.07) is 7.63. The first-order valence-electron chi connectivity index (χ1n) is 7.79. The van der Waals surface area contributed by atoms with Crippen LogP contribution in [0.2, 0.25) is 0 Å². The van der Waals surface area contributed by atoms with Gasteiger partial charge in [-0.15, -0.1) is 0 Å². The number of aromatic nitrogens is 2. The second-order valence-electron chi connectivity index (χ2n) is 5.87. The Balaban J connectivity index is 1.70. The highest BCUT2D eigenvalue weighted by atomic mass is 16.3. The summed E-state index contributed by atoms with van der Waals surface area (Å²) in [5.41, 5.74) is 3.65. The Kier molecular flexibility index (Phi) is 4.25. The molecule has 3 rings (SSSR count). The molecule has 4 heteroatoms. The molecule has 1 aliphatic rings. The van der Waals surface area contributed by atoms with Crippen molar-refractivity contribution in [1.82, 2.24) is 15.1 Å². The number of hydrogen-bond donors (Lipinski definition) is 2. The summed E-state index contributed by atoms with van der Waals surface area (Å²) in [5, 5.41) is 17.3. The average molecular weight is 285 g/mol. The molecule has 1 aromatic heterocycles. The van der Waals surface area contributed by atoms with Crippen molar-refractivity contribution in [3.05, 3.63) is 47.3 Å². The van der Waals surface area contributed by atoms with E-state index in [9.17, 15) is 5.11 Å². The van der Waals surface area contributed by atoms with Crippen molar-refractivity contribution in [3.63, 3.8) is 0 Å². The normalized spacial score (nSPS) is 19.8. The van der Waals surface area contributed by atoms with Crippen molar-refractivity contribution in [1.29, 1.82) is 0 Å². The Morgan fingerprint density at radius 3 is 3.00 bits per heavy atom. The lowest BCUT2D eigenvalue weighted by atomic mass is 9.91. The van der Waals surface area contributed by atoms with Gasteiger partial charge in [0.1, 0.15) is 5.75 Å². The molecule has 1 saturated heterocycles. The second kappa shape index (κ2) is 6.31. The zero-order valence-electron chi connectivity index (χ0n) is 12.5. The third-order valence-electron chi connectivity index (χ3n) is 4.43. The number of H-pyrrole nitrogens is 1. The van der Waals surface area contributed by atoms with Gasteiger partial charge in [0, 0.05) is 30.3 Å². The van der Waals surface area contributed by atoms with Crippen LogP contribution in [-0.4, -0.2) is 33.3 Å². The monoisotopic (exact) mass is 285 g/mol. The van der Waals surface area contributed by atoms with E-state index in [1.165, 1.54) is 24.1 Å². The van der Waals surface area contributed by atoms with Gasteiger partial charge in [-0.25, -0.2) is 0 Å². The number of rotatable bonds is 4. The molecule has 21 heavy (non-hydrogen) atoms. The number of aromatic amines is 1. The Morgan fingerprint density at radius 2 is 2.19 bits per heavy atom. The van der Waals surface area contributed by atoms with E-state index in [2.05, 4.69) is 22.0 Å². The van der Waals surface area contributed by atoms with Crippen molar-refractivity contribution < 1.29 is 5.11 Å². The fraction of sp³-hybridized carbons (Fsp3) is 0.471. The van der Waals surface area contributed by atoms with Crippen molar-refractivity contribution in [2.24, 2.45) is 0 Å². The highest BCUT2D eigenvalue weighted by Gasteiger charge is 2.24. The van der Waals surface area contributed by atoms with E-state index in [0.717, 1.165) is 31.6 Å². The quantitative estimate of drug-likeness (QED) is 0.907. The molecule has 1 aliphatic heterocycles. The van der Waals surface area contributed by atoms with Gasteiger partial charge in [0.15, 0.2) is 0 Å². The van der Waals surface area contributed by atoms with E-state index in [0.29, 0.717) is 11.7 Å². The third kappa shape index (κ3) is 3.10. The van der Waals surface area contributed by atoms with Gasteiger partial charge in [-0.05, 0) is 37.4 Å². The molecular formula is C17H23N3O. The molecule has 1 aromatic carbocycles. The van der Waals surface area contributed by atoms with E-state index in [1.807, 2.05) is 24.4 Å². The number of phenols is 1. The highest BCUT2D eigenvalue weighted by Crippen LogP contribution is 2.29. The Bertz CT molecular complexity index is 593. The van der Waals surface area contributed by atoms with Crippen LogP contribution in [0.25, 0.3) is 0 Å². The molecule has 0 radical (unpaired) electrons. The number of nitrogens with one attached hydrogen (secondary N) is 1. The lowest BCUT2D eigenvalue weighted by Gasteiger charge is -2.32. The number of aryl methyl sites for hydroxylation is 1. The number of aromatic hydroxyl groups is 1. The molecule has 0 spiro atoms. The summed E-state index contributed by atoms with van der Waals surface area (Å²) in [6.45, 7) is 5.12. The summed E-state index contributed by atoms with van der Waals surface area (Å²) >= 11 is 0. The van der Waals surface area contributed by atoms with E-state index < -0.39 is 0 Å². The fourth-order valence-electron chi connectivity index (χ4n) is 3.28. The number of para-hydroxylation sites is 1. The van der Waals surface area contributed by atoms with Crippen molar-refractivity contribution in [2.75, 3.05) is 13.1 Å². The molecule has 4 nitrogen and oxygen atoms in total. The van der Waals surface area contributed by atoms with Gasteiger partial charge in [-0.3, -0.25) is 10.00 Å². The average Bonchev–Trinajstić information content (AvgIpc) is 2.98. The lowest BCUT2D eigenvalue weighted by molar-refractivity contribution is 0.196. The number of phenolic OH excluding ortho intramolecular Hbond substituents is 1. The largest absolute Gasteiger partial charge is 0.508 e. The Morgan fingerprint density at radius 1 is 1.33 bits per heavy atom. The first kappa shape index (κ1) is 14.1. The second-order valence-corrected chi connectivity index (χ2v) is 5.87. The maximum atomic E-state index is 9.93. The van der Waals surface area contributed by atoms with Crippen LogP contribution < -0.4 is 0 Å². The first-order valence-corrected chi connectivity index (χ1v) is 7.79. The molecule has 0 amide bonds. The van der Waals surface area contributed by atoms with Crippen LogP contribution in [0.1, 0.15) is 42.5 Å². The van der Waals surface area contributed by atoms with E-state index in [1.54, 1.807) is 6.07 Å². The van der Waals surface area contributed by atoms with Gasteiger partial charge >= 0.3 is 0 Å². The minimum Gasteiger partial charge on any atom is -0.508 e. The molecule has 0 bridgehead atoms. The minimum absolute atomic E-state index is 0.399.